The molecule has 2 rings (SSSR count). The van der Waals surface area contributed by atoms with E-state index in [-0.39, 0.29) is 0 Å². The molecule has 2 aliphatic carbocycles. The summed E-state index contributed by atoms with van der Waals surface area (Å²) in [6.07, 6.45) is 7.79. The second-order valence-corrected chi connectivity index (χ2v) is 7.23. The average Bonchev–Trinajstić information content (AvgIpc) is 2.13. The summed E-state index contributed by atoms with van der Waals surface area (Å²) < 4.78 is 0.899. The molecular weight excluding hydrogens is 198 g/mol. The molecule has 0 heterocycles. The lowest BCUT2D eigenvalue weighted by atomic mass is 9.63. The Morgan fingerprint density at radius 3 is 2.19 bits per heavy atom. The van der Waals surface area contributed by atoms with Crippen LogP contribution in [-0.2, 0) is 0 Å². The first-order valence-electron chi connectivity index (χ1n) is 6.84. The Kier molecular flexibility index (Phi) is 3.09. The molecular formula is C14H28NO+. The third kappa shape index (κ3) is 2.28. The zero-order valence-corrected chi connectivity index (χ0v) is 11.4. The quantitative estimate of drug-likeness (QED) is 0.681. The fourth-order valence-corrected chi connectivity index (χ4v) is 4.22. The van der Waals surface area contributed by atoms with Crippen LogP contribution in [0.4, 0.5) is 0 Å². The highest BCUT2D eigenvalue weighted by molar-refractivity contribution is 4.95. The molecule has 4 atom stereocenters. The Morgan fingerprint density at radius 1 is 1.06 bits per heavy atom. The molecule has 2 saturated carbocycles. The van der Waals surface area contributed by atoms with Gasteiger partial charge in [0.2, 0.25) is 0 Å². The smallest absolute Gasteiger partial charge is 0.117 e. The molecule has 2 fully saturated rings. The second-order valence-electron chi connectivity index (χ2n) is 7.23. The first-order valence-corrected chi connectivity index (χ1v) is 6.84. The highest BCUT2D eigenvalue weighted by atomic mass is 16.3. The predicted octanol–water partition coefficient (Wildman–Crippen LogP) is 2.41. The molecule has 2 nitrogen and oxygen atoms in total. The van der Waals surface area contributed by atoms with Crippen LogP contribution >= 0.6 is 0 Å². The number of quaternary nitrogens is 1. The molecule has 0 aromatic heterocycles. The number of nitrogens with zero attached hydrogens (tertiary/aromatic N) is 1. The van der Waals surface area contributed by atoms with E-state index in [0.29, 0.717) is 6.04 Å². The number of fused-ring (bicyclic) bond motifs is 1. The molecule has 0 saturated heterocycles. The van der Waals surface area contributed by atoms with Gasteiger partial charge in [-0.2, -0.15) is 0 Å². The second kappa shape index (κ2) is 3.99. The Morgan fingerprint density at radius 2 is 1.62 bits per heavy atom. The average molecular weight is 226 g/mol. The van der Waals surface area contributed by atoms with Crippen LogP contribution in [0.5, 0.6) is 0 Å². The Hall–Kier alpha value is -0.0800. The van der Waals surface area contributed by atoms with Gasteiger partial charge in [0.15, 0.2) is 0 Å². The van der Waals surface area contributed by atoms with Crippen molar-refractivity contribution < 1.29 is 9.59 Å². The lowest BCUT2D eigenvalue weighted by Crippen LogP contribution is -2.61. The maximum atomic E-state index is 10.7. The van der Waals surface area contributed by atoms with Gasteiger partial charge in [0.05, 0.1) is 21.1 Å². The third-order valence-electron chi connectivity index (χ3n) is 4.92. The number of hydrogen-bond acceptors (Lipinski definition) is 1. The van der Waals surface area contributed by atoms with Gasteiger partial charge < -0.3 is 9.59 Å². The molecule has 0 radical (unpaired) electrons. The molecule has 0 amide bonds. The molecule has 0 aromatic carbocycles. The summed E-state index contributed by atoms with van der Waals surface area (Å²) in [7, 11) is 6.67. The number of hydrogen-bond donors (Lipinski definition) is 1. The van der Waals surface area contributed by atoms with Crippen LogP contribution in [0.2, 0.25) is 0 Å². The van der Waals surface area contributed by atoms with Gasteiger partial charge in [-0.1, -0.05) is 19.3 Å². The van der Waals surface area contributed by atoms with E-state index in [1.807, 2.05) is 0 Å². The fraction of sp³-hybridized carbons (Fsp3) is 1.00. The Balaban J connectivity index is 2.15. The van der Waals surface area contributed by atoms with Gasteiger partial charge in [0.1, 0.15) is 11.6 Å². The van der Waals surface area contributed by atoms with Crippen molar-refractivity contribution in [1.29, 1.82) is 0 Å². The first-order chi connectivity index (χ1) is 7.31. The molecule has 3 unspecified atom stereocenters. The Labute approximate surface area is 100 Å². The Bertz CT molecular complexity index is 254. The van der Waals surface area contributed by atoms with E-state index < -0.39 is 5.60 Å². The van der Waals surface area contributed by atoms with E-state index in [0.717, 1.165) is 22.7 Å². The minimum absolute atomic E-state index is 0.409. The van der Waals surface area contributed by atoms with Crippen molar-refractivity contribution in [3.8, 4) is 0 Å². The van der Waals surface area contributed by atoms with Crippen LogP contribution in [0.15, 0.2) is 0 Å². The van der Waals surface area contributed by atoms with E-state index in [1.54, 1.807) is 0 Å². The standard InChI is InChI=1S/C14H28NO/c1-14(16)10-12-8-6-5-7-11(12)9-13(14)15(2,3)4/h11-13,16H,5-10H2,1-4H3/q+1/t11?,12?,13?,14-/m1/s1. The lowest BCUT2D eigenvalue weighted by molar-refractivity contribution is -0.905. The van der Waals surface area contributed by atoms with Gasteiger partial charge in [-0.25, -0.2) is 0 Å². The summed E-state index contributed by atoms with van der Waals surface area (Å²) in [6.45, 7) is 2.06. The summed E-state index contributed by atoms with van der Waals surface area (Å²) in [5.74, 6) is 1.68. The van der Waals surface area contributed by atoms with Gasteiger partial charge in [-0.3, -0.25) is 0 Å². The van der Waals surface area contributed by atoms with E-state index in [2.05, 4.69) is 28.1 Å². The van der Waals surface area contributed by atoms with Crippen molar-refractivity contribution in [2.24, 2.45) is 11.8 Å². The first kappa shape index (κ1) is 12.4. The van der Waals surface area contributed by atoms with Crippen LogP contribution in [0.3, 0.4) is 0 Å². The zero-order chi connectivity index (χ0) is 12.0. The summed E-state index contributed by atoms with van der Waals surface area (Å²) in [4.78, 5) is 0. The largest absolute Gasteiger partial charge is 0.384 e. The van der Waals surface area contributed by atoms with Crippen LogP contribution in [0, 0.1) is 11.8 Å². The normalized spacial score (nSPS) is 45.2. The van der Waals surface area contributed by atoms with Crippen LogP contribution in [-0.4, -0.2) is 42.4 Å². The molecule has 2 aliphatic rings. The molecule has 16 heavy (non-hydrogen) atoms. The molecule has 0 aliphatic heterocycles. The predicted molar refractivity (Wildman–Crippen MR) is 67.1 cm³/mol. The van der Waals surface area contributed by atoms with Gasteiger partial charge in [-0.05, 0) is 31.6 Å². The summed E-state index contributed by atoms with van der Waals surface area (Å²) in [6, 6.07) is 0.409. The number of aliphatic hydroxyl groups is 1. The number of likely N-dealkylation sites (N-methyl/N-ethyl adjacent to an activating group) is 1. The van der Waals surface area contributed by atoms with Crippen molar-refractivity contribution in [1.82, 2.24) is 0 Å². The highest BCUT2D eigenvalue weighted by Gasteiger charge is 2.49. The highest BCUT2D eigenvalue weighted by Crippen LogP contribution is 2.46. The maximum Gasteiger partial charge on any atom is 0.117 e. The molecule has 0 bridgehead atoms. The summed E-state index contributed by atoms with van der Waals surface area (Å²) in [5, 5.41) is 10.7. The fourth-order valence-electron chi connectivity index (χ4n) is 4.22. The van der Waals surface area contributed by atoms with E-state index in [1.165, 1.54) is 32.1 Å². The zero-order valence-electron chi connectivity index (χ0n) is 11.4. The minimum Gasteiger partial charge on any atom is -0.384 e. The van der Waals surface area contributed by atoms with Crippen LogP contribution in [0.1, 0.15) is 45.4 Å². The van der Waals surface area contributed by atoms with E-state index in [9.17, 15) is 5.11 Å². The monoisotopic (exact) mass is 226 g/mol. The molecule has 0 aromatic rings. The van der Waals surface area contributed by atoms with Crippen molar-refractivity contribution in [2.45, 2.75) is 57.1 Å². The van der Waals surface area contributed by atoms with Crippen molar-refractivity contribution >= 4 is 0 Å². The van der Waals surface area contributed by atoms with Crippen molar-refractivity contribution in [3.05, 3.63) is 0 Å². The molecule has 0 spiro atoms. The maximum absolute atomic E-state index is 10.7. The topological polar surface area (TPSA) is 20.2 Å². The van der Waals surface area contributed by atoms with Crippen molar-refractivity contribution in [2.75, 3.05) is 21.1 Å². The minimum atomic E-state index is -0.462. The lowest BCUT2D eigenvalue weighted by Gasteiger charge is -2.51. The summed E-state index contributed by atoms with van der Waals surface area (Å²) >= 11 is 0. The van der Waals surface area contributed by atoms with Gasteiger partial charge in [0, 0.05) is 6.42 Å². The van der Waals surface area contributed by atoms with Gasteiger partial charge in [0.25, 0.3) is 0 Å². The SMILES string of the molecule is C[C@@]1(O)CC2CCCCC2CC1[N+](C)(C)C. The molecule has 2 heteroatoms. The summed E-state index contributed by atoms with van der Waals surface area (Å²) in [5.41, 5.74) is -0.462. The van der Waals surface area contributed by atoms with Gasteiger partial charge >= 0.3 is 0 Å². The van der Waals surface area contributed by atoms with E-state index in [4.69, 9.17) is 0 Å². The van der Waals surface area contributed by atoms with Crippen LogP contribution in [0.25, 0.3) is 0 Å². The third-order valence-corrected chi connectivity index (χ3v) is 4.92. The van der Waals surface area contributed by atoms with Gasteiger partial charge in [-0.15, -0.1) is 0 Å². The number of rotatable bonds is 1. The van der Waals surface area contributed by atoms with Crippen molar-refractivity contribution in [3.63, 3.8) is 0 Å². The van der Waals surface area contributed by atoms with E-state index >= 15 is 0 Å². The molecule has 94 valence electrons. The van der Waals surface area contributed by atoms with Crippen LogP contribution < -0.4 is 0 Å². The molecule has 1 N–H and O–H groups in total.